The van der Waals surface area contributed by atoms with E-state index in [1.54, 1.807) is 0 Å². The van der Waals surface area contributed by atoms with Crippen molar-refractivity contribution in [1.82, 2.24) is 5.32 Å². The summed E-state index contributed by atoms with van der Waals surface area (Å²) < 4.78 is 0. The molecule has 0 saturated carbocycles. The number of ketones is 1. The smallest absolute Gasteiger partial charge is 0.251 e. The number of hydrogen-bond donors (Lipinski definition) is 1. The molecule has 0 saturated heterocycles. The number of nitrogens with one attached hydrogen (secondary N) is 1. The maximum absolute atomic E-state index is 12.6. The first-order valence-corrected chi connectivity index (χ1v) is 8.86. The van der Waals surface area contributed by atoms with E-state index in [0.29, 0.717) is 12.0 Å². The van der Waals surface area contributed by atoms with E-state index in [1.807, 2.05) is 56.3 Å². The normalized spacial score (nSPS) is 12.3. The van der Waals surface area contributed by atoms with Crippen LogP contribution in [0.1, 0.15) is 56.8 Å². The van der Waals surface area contributed by atoms with Crippen LogP contribution in [-0.4, -0.2) is 17.7 Å². The third kappa shape index (κ3) is 4.67. The van der Waals surface area contributed by atoms with E-state index in [0.717, 1.165) is 30.0 Å². The van der Waals surface area contributed by atoms with Crippen molar-refractivity contribution in [2.45, 2.75) is 52.5 Å². The fourth-order valence-corrected chi connectivity index (χ4v) is 2.86. The molecule has 0 heterocycles. The average Bonchev–Trinajstić information content (AvgIpc) is 2.59. The van der Waals surface area contributed by atoms with Crippen LogP contribution in [0.25, 0.3) is 10.8 Å². The number of Topliss-reactive ketones (excluding diaryl/α,β-unsaturated/α-hetero) is 1. The SMILES string of the molecule is CCCCCC(NC(=O)c1ccc2ccccc2c1)C(=O)C(C)C. The van der Waals surface area contributed by atoms with Crippen LogP contribution in [0, 0.1) is 5.92 Å². The molecule has 128 valence electrons. The summed E-state index contributed by atoms with van der Waals surface area (Å²) in [6, 6.07) is 13.2. The van der Waals surface area contributed by atoms with E-state index in [4.69, 9.17) is 0 Å². The fourth-order valence-electron chi connectivity index (χ4n) is 2.86. The molecule has 2 aromatic rings. The molecular formula is C21H27NO2. The minimum Gasteiger partial charge on any atom is -0.342 e. The lowest BCUT2D eigenvalue weighted by atomic mass is 9.96. The Morgan fingerprint density at radius 2 is 1.71 bits per heavy atom. The van der Waals surface area contributed by atoms with Gasteiger partial charge in [-0.1, -0.05) is 70.4 Å². The topological polar surface area (TPSA) is 46.2 Å². The fraction of sp³-hybridized carbons (Fsp3) is 0.429. The summed E-state index contributed by atoms with van der Waals surface area (Å²) in [5, 5.41) is 5.08. The summed E-state index contributed by atoms with van der Waals surface area (Å²) in [6.07, 6.45) is 3.84. The number of hydrogen-bond acceptors (Lipinski definition) is 2. The molecular weight excluding hydrogens is 298 g/mol. The van der Waals surface area contributed by atoms with Crippen LogP contribution < -0.4 is 5.32 Å². The molecule has 3 heteroatoms. The van der Waals surface area contributed by atoms with Crippen molar-refractivity contribution >= 4 is 22.5 Å². The Kier molecular flexibility index (Phi) is 6.53. The standard InChI is InChI=1S/C21H27NO2/c1-4-5-6-11-19(20(23)15(2)3)22-21(24)18-13-12-16-9-7-8-10-17(16)14-18/h7-10,12-15,19H,4-6,11H2,1-3H3,(H,22,24). The van der Waals surface area contributed by atoms with Crippen molar-refractivity contribution in [3.8, 4) is 0 Å². The van der Waals surface area contributed by atoms with Crippen molar-refractivity contribution in [3.63, 3.8) is 0 Å². The Morgan fingerprint density at radius 1 is 1.00 bits per heavy atom. The van der Waals surface area contributed by atoms with Crippen molar-refractivity contribution in [1.29, 1.82) is 0 Å². The Balaban J connectivity index is 2.13. The van der Waals surface area contributed by atoms with Gasteiger partial charge in [0.25, 0.3) is 5.91 Å². The van der Waals surface area contributed by atoms with E-state index in [1.165, 1.54) is 0 Å². The highest BCUT2D eigenvalue weighted by molar-refractivity contribution is 6.01. The van der Waals surface area contributed by atoms with Crippen LogP contribution in [0.15, 0.2) is 42.5 Å². The second-order valence-corrected chi connectivity index (χ2v) is 6.64. The molecule has 0 aliphatic heterocycles. The zero-order valence-corrected chi connectivity index (χ0v) is 14.8. The second-order valence-electron chi connectivity index (χ2n) is 6.64. The molecule has 0 fully saturated rings. The molecule has 2 aromatic carbocycles. The van der Waals surface area contributed by atoms with Crippen LogP contribution >= 0.6 is 0 Å². The molecule has 1 unspecified atom stereocenters. The van der Waals surface area contributed by atoms with Crippen LogP contribution in [-0.2, 0) is 4.79 Å². The zero-order chi connectivity index (χ0) is 17.5. The minimum absolute atomic E-state index is 0.0754. The van der Waals surface area contributed by atoms with Gasteiger partial charge in [-0.15, -0.1) is 0 Å². The van der Waals surface area contributed by atoms with Gasteiger partial charge < -0.3 is 5.32 Å². The predicted octanol–water partition coefficient (Wildman–Crippen LogP) is 4.74. The highest BCUT2D eigenvalue weighted by Gasteiger charge is 2.23. The molecule has 1 N–H and O–H groups in total. The average molecular weight is 325 g/mol. The van der Waals surface area contributed by atoms with Crippen LogP contribution in [0.5, 0.6) is 0 Å². The van der Waals surface area contributed by atoms with E-state index < -0.39 is 6.04 Å². The summed E-state index contributed by atoms with van der Waals surface area (Å²) in [5.41, 5.74) is 0.603. The molecule has 0 aromatic heterocycles. The molecule has 24 heavy (non-hydrogen) atoms. The van der Waals surface area contributed by atoms with Crippen molar-refractivity contribution in [3.05, 3.63) is 48.0 Å². The number of fused-ring (bicyclic) bond motifs is 1. The van der Waals surface area contributed by atoms with Gasteiger partial charge in [-0.05, 0) is 29.3 Å². The molecule has 0 radical (unpaired) electrons. The summed E-state index contributed by atoms with van der Waals surface area (Å²) in [7, 11) is 0. The summed E-state index contributed by atoms with van der Waals surface area (Å²) in [6.45, 7) is 5.90. The van der Waals surface area contributed by atoms with Crippen molar-refractivity contribution < 1.29 is 9.59 Å². The highest BCUT2D eigenvalue weighted by atomic mass is 16.2. The van der Waals surface area contributed by atoms with Gasteiger partial charge in [0.15, 0.2) is 5.78 Å². The summed E-state index contributed by atoms with van der Waals surface area (Å²) in [5.74, 6) is -0.134. The van der Waals surface area contributed by atoms with Gasteiger partial charge in [-0.25, -0.2) is 0 Å². The molecule has 1 atom stereocenters. The van der Waals surface area contributed by atoms with Crippen LogP contribution in [0.4, 0.5) is 0 Å². The zero-order valence-electron chi connectivity index (χ0n) is 14.8. The molecule has 0 spiro atoms. The quantitative estimate of drug-likeness (QED) is 0.712. The Morgan fingerprint density at radius 3 is 2.38 bits per heavy atom. The molecule has 0 aliphatic rings. The molecule has 3 nitrogen and oxygen atoms in total. The second kappa shape index (κ2) is 8.62. The van der Waals surface area contributed by atoms with Crippen LogP contribution in [0.3, 0.4) is 0 Å². The molecule has 0 aliphatic carbocycles. The number of carbonyl (C=O) groups excluding carboxylic acids is 2. The van der Waals surface area contributed by atoms with Gasteiger partial charge in [0.05, 0.1) is 6.04 Å². The lowest BCUT2D eigenvalue weighted by Gasteiger charge is -2.19. The van der Waals surface area contributed by atoms with Gasteiger partial charge >= 0.3 is 0 Å². The maximum atomic E-state index is 12.6. The molecule has 0 bridgehead atoms. The van der Waals surface area contributed by atoms with E-state index in [9.17, 15) is 9.59 Å². The van der Waals surface area contributed by atoms with E-state index in [2.05, 4.69) is 12.2 Å². The first-order valence-electron chi connectivity index (χ1n) is 8.86. The summed E-state index contributed by atoms with van der Waals surface area (Å²) in [4.78, 5) is 25.0. The van der Waals surface area contributed by atoms with Gasteiger partial charge in [0.1, 0.15) is 0 Å². The van der Waals surface area contributed by atoms with Gasteiger partial charge in [-0.3, -0.25) is 9.59 Å². The van der Waals surface area contributed by atoms with E-state index in [-0.39, 0.29) is 17.6 Å². The Hall–Kier alpha value is -2.16. The lowest BCUT2D eigenvalue weighted by molar-refractivity contribution is -0.124. The highest BCUT2D eigenvalue weighted by Crippen LogP contribution is 2.16. The van der Waals surface area contributed by atoms with Crippen molar-refractivity contribution in [2.24, 2.45) is 5.92 Å². The number of unbranched alkanes of at least 4 members (excludes halogenated alkanes) is 2. The predicted molar refractivity (Wildman–Crippen MR) is 99.2 cm³/mol. The van der Waals surface area contributed by atoms with E-state index >= 15 is 0 Å². The number of carbonyl (C=O) groups is 2. The third-order valence-corrected chi connectivity index (χ3v) is 4.33. The Bertz CT molecular complexity index is 706. The van der Waals surface area contributed by atoms with Gasteiger partial charge in [0.2, 0.25) is 0 Å². The lowest BCUT2D eigenvalue weighted by Crippen LogP contribution is -2.42. The third-order valence-electron chi connectivity index (χ3n) is 4.33. The number of rotatable bonds is 8. The van der Waals surface area contributed by atoms with Gasteiger partial charge in [-0.2, -0.15) is 0 Å². The maximum Gasteiger partial charge on any atom is 0.251 e. The first kappa shape index (κ1) is 18.2. The first-order chi connectivity index (χ1) is 11.5. The monoisotopic (exact) mass is 325 g/mol. The minimum atomic E-state index is -0.393. The van der Waals surface area contributed by atoms with Gasteiger partial charge in [0, 0.05) is 11.5 Å². The Labute approximate surface area is 144 Å². The molecule has 2 rings (SSSR count). The van der Waals surface area contributed by atoms with Crippen LogP contribution in [0.2, 0.25) is 0 Å². The number of amides is 1. The molecule has 1 amide bonds. The summed E-state index contributed by atoms with van der Waals surface area (Å²) >= 11 is 0. The van der Waals surface area contributed by atoms with Crippen molar-refractivity contribution in [2.75, 3.05) is 0 Å². The number of benzene rings is 2. The largest absolute Gasteiger partial charge is 0.342 e.